The number of rotatable bonds is 3. The van der Waals surface area contributed by atoms with Crippen LogP contribution in [0.1, 0.15) is 29.7 Å². The summed E-state index contributed by atoms with van der Waals surface area (Å²) in [6, 6.07) is 8.73. The minimum Gasteiger partial charge on any atom is -0.493 e. The van der Waals surface area contributed by atoms with Crippen molar-refractivity contribution in [3.8, 4) is 5.75 Å². The Morgan fingerprint density at radius 1 is 1.32 bits per heavy atom. The number of nitrogens with zero attached hydrogens (tertiary/aromatic N) is 1. The highest BCUT2D eigenvalue weighted by molar-refractivity contribution is 5.50. The van der Waals surface area contributed by atoms with E-state index >= 15 is 0 Å². The summed E-state index contributed by atoms with van der Waals surface area (Å²) in [6.45, 7) is 5.07. The first-order valence-corrected chi connectivity index (χ1v) is 6.67. The number of pyridine rings is 1. The second-order valence-electron chi connectivity index (χ2n) is 5.02. The molecule has 0 saturated heterocycles. The van der Waals surface area contributed by atoms with Gasteiger partial charge in [-0.15, -0.1) is 0 Å². The van der Waals surface area contributed by atoms with Gasteiger partial charge in [0.15, 0.2) is 0 Å². The molecule has 98 valence electrons. The van der Waals surface area contributed by atoms with Gasteiger partial charge in [-0.25, -0.2) is 0 Å². The number of benzene rings is 1. The number of aromatic nitrogens is 1. The Labute approximate surface area is 113 Å². The molecule has 3 nitrogen and oxygen atoms in total. The number of hydrogen-bond donors (Lipinski definition) is 1. The van der Waals surface area contributed by atoms with Crippen molar-refractivity contribution in [1.29, 1.82) is 0 Å². The maximum Gasteiger partial charge on any atom is 0.122 e. The highest BCUT2D eigenvalue weighted by Gasteiger charge is 2.14. The number of anilines is 1. The van der Waals surface area contributed by atoms with Crippen LogP contribution in [0.25, 0.3) is 0 Å². The first-order valence-electron chi connectivity index (χ1n) is 6.67. The number of hydrogen-bond acceptors (Lipinski definition) is 3. The molecule has 0 amide bonds. The van der Waals surface area contributed by atoms with Crippen LogP contribution in [-0.4, -0.2) is 11.6 Å². The van der Waals surface area contributed by atoms with Crippen LogP contribution in [0.15, 0.2) is 36.7 Å². The standard InChI is InChI=1S/C16H18N2O/c1-11-5-7-17-10-15(11)18-12(2)13-3-4-16-14(9-13)6-8-19-16/h3-5,7,9-10,12,18H,6,8H2,1-2H3. The smallest absolute Gasteiger partial charge is 0.122 e. The molecule has 1 N–H and O–H groups in total. The number of aryl methyl sites for hydroxylation is 1. The molecule has 19 heavy (non-hydrogen) atoms. The van der Waals surface area contributed by atoms with E-state index in [1.807, 2.05) is 18.5 Å². The normalized spacial score (nSPS) is 14.6. The van der Waals surface area contributed by atoms with Crippen molar-refractivity contribution in [2.45, 2.75) is 26.3 Å². The van der Waals surface area contributed by atoms with E-state index in [-0.39, 0.29) is 6.04 Å². The van der Waals surface area contributed by atoms with Crippen molar-refractivity contribution in [2.75, 3.05) is 11.9 Å². The third kappa shape index (κ3) is 2.41. The van der Waals surface area contributed by atoms with Gasteiger partial charge in [-0.1, -0.05) is 6.07 Å². The molecule has 2 heterocycles. The molecule has 0 spiro atoms. The second kappa shape index (κ2) is 4.92. The third-order valence-corrected chi connectivity index (χ3v) is 3.62. The Hall–Kier alpha value is -2.03. The lowest BCUT2D eigenvalue weighted by Crippen LogP contribution is -2.08. The number of ether oxygens (including phenoxy) is 1. The van der Waals surface area contributed by atoms with Crippen molar-refractivity contribution in [2.24, 2.45) is 0 Å². The quantitative estimate of drug-likeness (QED) is 0.910. The number of nitrogens with one attached hydrogen (secondary N) is 1. The zero-order valence-corrected chi connectivity index (χ0v) is 11.3. The Morgan fingerprint density at radius 2 is 2.21 bits per heavy atom. The van der Waals surface area contributed by atoms with Crippen LogP contribution in [0.5, 0.6) is 5.75 Å². The fourth-order valence-corrected chi connectivity index (χ4v) is 2.41. The second-order valence-corrected chi connectivity index (χ2v) is 5.02. The summed E-state index contributed by atoms with van der Waals surface area (Å²) in [5.74, 6) is 1.04. The molecule has 1 aromatic carbocycles. The van der Waals surface area contributed by atoms with E-state index in [1.165, 1.54) is 16.7 Å². The van der Waals surface area contributed by atoms with E-state index in [4.69, 9.17) is 4.74 Å². The van der Waals surface area contributed by atoms with E-state index in [0.717, 1.165) is 24.5 Å². The monoisotopic (exact) mass is 254 g/mol. The van der Waals surface area contributed by atoms with Crippen LogP contribution >= 0.6 is 0 Å². The van der Waals surface area contributed by atoms with E-state index in [0.29, 0.717) is 0 Å². The van der Waals surface area contributed by atoms with Gasteiger partial charge < -0.3 is 10.1 Å². The zero-order valence-electron chi connectivity index (χ0n) is 11.3. The highest BCUT2D eigenvalue weighted by Crippen LogP contribution is 2.29. The maximum atomic E-state index is 5.54. The highest BCUT2D eigenvalue weighted by atomic mass is 16.5. The molecule has 1 aliphatic rings. The van der Waals surface area contributed by atoms with Gasteiger partial charge in [0.05, 0.1) is 18.5 Å². The van der Waals surface area contributed by atoms with Crippen LogP contribution in [0, 0.1) is 6.92 Å². The average Bonchev–Trinajstić information content (AvgIpc) is 2.88. The lowest BCUT2D eigenvalue weighted by atomic mass is 10.0. The minimum absolute atomic E-state index is 0.258. The molecule has 3 rings (SSSR count). The van der Waals surface area contributed by atoms with Gasteiger partial charge in [-0.05, 0) is 48.7 Å². The van der Waals surface area contributed by atoms with E-state index in [1.54, 1.807) is 0 Å². The third-order valence-electron chi connectivity index (χ3n) is 3.62. The Balaban J connectivity index is 1.81. The molecule has 0 aliphatic carbocycles. The molecule has 2 aromatic rings. The zero-order chi connectivity index (χ0) is 13.2. The summed E-state index contributed by atoms with van der Waals surface area (Å²) in [6.07, 6.45) is 4.71. The van der Waals surface area contributed by atoms with Crippen molar-refractivity contribution in [1.82, 2.24) is 4.98 Å². The fourth-order valence-electron chi connectivity index (χ4n) is 2.41. The Morgan fingerprint density at radius 3 is 3.05 bits per heavy atom. The number of fused-ring (bicyclic) bond motifs is 1. The molecule has 0 fully saturated rings. The Kier molecular flexibility index (Phi) is 3.11. The van der Waals surface area contributed by atoms with Gasteiger partial charge in [0.25, 0.3) is 0 Å². The van der Waals surface area contributed by atoms with Crippen molar-refractivity contribution < 1.29 is 4.74 Å². The molecular formula is C16H18N2O. The first kappa shape index (κ1) is 12.0. The summed E-state index contributed by atoms with van der Waals surface area (Å²) in [5.41, 5.74) is 4.90. The van der Waals surface area contributed by atoms with E-state index in [9.17, 15) is 0 Å². The van der Waals surface area contributed by atoms with Gasteiger partial charge >= 0.3 is 0 Å². The largest absolute Gasteiger partial charge is 0.493 e. The van der Waals surface area contributed by atoms with E-state index in [2.05, 4.69) is 42.3 Å². The summed E-state index contributed by atoms with van der Waals surface area (Å²) in [4.78, 5) is 4.17. The van der Waals surface area contributed by atoms with E-state index < -0.39 is 0 Å². The van der Waals surface area contributed by atoms with Crippen LogP contribution in [0.2, 0.25) is 0 Å². The molecule has 0 bridgehead atoms. The lowest BCUT2D eigenvalue weighted by Gasteiger charge is -2.17. The fraction of sp³-hybridized carbons (Fsp3) is 0.312. The predicted molar refractivity (Wildman–Crippen MR) is 76.7 cm³/mol. The lowest BCUT2D eigenvalue weighted by molar-refractivity contribution is 0.357. The van der Waals surface area contributed by atoms with Crippen molar-refractivity contribution >= 4 is 5.69 Å². The minimum atomic E-state index is 0.258. The predicted octanol–water partition coefficient (Wildman–Crippen LogP) is 3.50. The van der Waals surface area contributed by atoms with Crippen molar-refractivity contribution in [3.05, 3.63) is 53.3 Å². The SMILES string of the molecule is Cc1ccncc1NC(C)c1ccc2c(c1)CCO2. The van der Waals surface area contributed by atoms with Crippen LogP contribution in [0.3, 0.4) is 0 Å². The molecule has 0 radical (unpaired) electrons. The maximum absolute atomic E-state index is 5.54. The molecule has 1 aromatic heterocycles. The molecule has 0 saturated carbocycles. The molecular weight excluding hydrogens is 236 g/mol. The summed E-state index contributed by atoms with van der Waals surface area (Å²) in [7, 11) is 0. The van der Waals surface area contributed by atoms with Gasteiger partial charge in [0, 0.05) is 18.7 Å². The first-order chi connectivity index (χ1) is 9.24. The van der Waals surface area contributed by atoms with Crippen LogP contribution < -0.4 is 10.1 Å². The summed E-state index contributed by atoms with van der Waals surface area (Å²) >= 11 is 0. The molecule has 1 aliphatic heterocycles. The molecule has 3 heteroatoms. The van der Waals surface area contributed by atoms with Crippen LogP contribution in [0.4, 0.5) is 5.69 Å². The van der Waals surface area contributed by atoms with Gasteiger partial charge in [0.1, 0.15) is 5.75 Å². The summed E-state index contributed by atoms with van der Waals surface area (Å²) in [5, 5.41) is 3.51. The summed E-state index contributed by atoms with van der Waals surface area (Å²) < 4.78 is 5.54. The molecule has 1 unspecified atom stereocenters. The van der Waals surface area contributed by atoms with Gasteiger partial charge in [-0.2, -0.15) is 0 Å². The van der Waals surface area contributed by atoms with Gasteiger partial charge in [0.2, 0.25) is 0 Å². The Bertz CT molecular complexity index is 595. The van der Waals surface area contributed by atoms with Gasteiger partial charge in [-0.3, -0.25) is 4.98 Å². The van der Waals surface area contributed by atoms with Crippen LogP contribution in [-0.2, 0) is 6.42 Å². The average molecular weight is 254 g/mol. The topological polar surface area (TPSA) is 34.2 Å². The molecule has 1 atom stereocenters. The van der Waals surface area contributed by atoms with Crippen molar-refractivity contribution in [3.63, 3.8) is 0 Å².